The molecule has 0 aliphatic heterocycles. The molecule has 0 aliphatic rings. The first-order chi connectivity index (χ1) is 15.7. The maximum absolute atomic E-state index is 12.6. The predicted octanol–water partition coefficient (Wildman–Crippen LogP) is 5.41. The van der Waals surface area contributed by atoms with Crippen LogP contribution in [0.25, 0.3) is 0 Å². The summed E-state index contributed by atoms with van der Waals surface area (Å²) < 4.78 is 11.3. The number of aromatic nitrogens is 2. The second-order valence-corrected chi connectivity index (χ2v) is 9.12. The van der Waals surface area contributed by atoms with Gasteiger partial charge in [0, 0.05) is 17.1 Å². The van der Waals surface area contributed by atoms with E-state index in [2.05, 4.69) is 15.5 Å². The van der Waals surface area contributed by atoms with Crippen molar-refractivity contribution in [2.75, 3.05) is 5.75 Å². The Morgan fingerprint density at radius 2 is 2.00 bits per heavy atom. The third-order valence-electron chi connectivity index (χ3n) is 4.62. The molecule has 0 saturated carbocycles. The van der Waals surface area contributed by atoms with Crippen LogP contribution in [0.4, 0.5) is 0 Å². The molecule has 164 valence electrons. The number of thioether (sulfide) groups is 1. The number of nitrogens with one attached hydrogen (secondary N) is 1. The maximum Gasteiger partial charge on any atom is 0.276 e. The van der Waals surface area contributed by atoms with Crippen LogP contribution in [-0.2, 0) is 11.4 Å². The predicted molar refractivity (Wildman–Crippen MR) is 126 cm³/mol. The van der Waals surface area contributed by atoms with Crippen LogP contribution in [0.15, 0.2) is 81.8 Å². The van der Waals surface area contributed by atoms with Crippen molar-refractivity contribution in [1.82, 2.24) is 15.5 Å². The van der Waals surface area contributed by atoms with Gasteiger partial charge >= 0.3 is 0 Å². The summed E-state index contributed by atoms with van der Waals surface area (Å²) in [5.74, 6) is 1.67. The van der Waals surface area contributed by atoms with Crippen LogP contribution < -0.4 is 10.1 Å². The maximum atomic E-state index is 12.6. The molecule has 8 heteroatoms. The number of benzene rings is 2. The number of rotatable bonds is 10. The molecular formula is C24H23N3O3S2. The SMILES string of the molecule is Cc1cccc(OCc2nnc(SCCC(=O)NC(c3ccccc3)c3cccs3)o2)c1. The molecule has 0 fully saturated rings. The average molecular weight is 466 g/mol. The molecule has 4 rings (SSSR count). The van der Waals surface area contributed by atoms with Crippen molar-refractivity contribution in [2.45, 2.75) is 31.2 Å². The van der Waals surface area contributed by atoms with Crippen molar-refractivity contribution in [3.63, 3.8) is 0 Å². The summed E-state index contributed by atoms with van der Waals surface area (Å²) in [6.07, 6.45) is 0.344. The van der Waals surface area contributed by atoms with Crippen LogP contribution in [0.2, 0.25) is 0 Å². The zero-order valence-corrected chi connectivity index (χ0v) is 19.2. The number of carbonyl (C=O) groups excluding carboxylic acids is 1. The summed E-state index contributed by atoms with van der Waals surface area (Å²) in [6.45, 7) is 2.21. The summed E-state index contributed by atoms with van der Waals surface area (Å²) in [5, 5.41) is 13.6. The molecule has 2 aromatic carbocycles. The van der Waals surface area contributed by atoms with E-state index in [9.17, 15) is 4.79 Å². The molecule has 1 atom stereocenters. The van der Waals surface area contributed by atoms with Gasteiger partial charge in [0.15, 0.2) is 6.61 Å². The van der Waals surface area contributed by atoms with E-state index >= 15 is 0 Å². The lowest BCUT2D eigenvalue weighted by atomic mass is 10.1. The molecule has 0 bridgehead atoms. The third-order valence-corrected chi connectivity index (χ3v) is 6.38. The Hall–Kier alpha value is -3.10. The van der Waals surface area contributed by atoms with E-state index < -0.39 is 0 Å². The largest absolute Gasteiger partial charge is 0.484 e. The van der Waals surface area contributed by atoms with Gasteiger partial charge in [-0.25, -0.2) is 0 Å². The van der Waals surface area contributed by atoms with Gasteiger partial charge in [-0.05, 0) is 41.6 Å². The number of amides is 1. The minimum atomic E-state index is -0.150. The molecular weight excluding hydrogens is 442 g/mol. The van der Waals surface area contributed by atoms with Crippen molar-refractivity contribution >= 4 is 29.0 Å². The highest BCUT2D eigenvalue weighted by molar-refractivity contribution is 7.99. The van der Waals surface area contributed by atoms with Gasteiger partial charge in [0.2, 0.25) is 5.91 Å². The van der Waals surface area contributed by atoms with Gasteiger partial charge in [0.25, 0.3) is 11.1 Å². The lowest BCUT2D eigenvalue weighted by molar-refractivity contribution is -0.121. The summed E-state index contributed by atoms with van der Waals surface area (Å²) in [7, 11) is 0. The number of hydrogen-bond acceptors (Lipinski definition) is 7. The fraction of sp³-hybridized carbons (Fsp3) is 0.208. The van der Waals surface area contributed by atoms with Crippen molar-refractivity contribution in [1.29, 1.82) is 0 Å². The average Bonchev–Trinajstić information content (AvgIpc) is 3.49. The second kappa shape index (κ2) is 11.0. The highest BCUT2D eigenvalue weighted by Gasteiger charge is 2.18. The molecule has 6 nitrogen and oxygen atoms in total. The smallest absolute Gasteiger partial charge is 0.276 e. The minimum Gasteiger partial charge on any atom is -0.484 e. The molecule has 0 aliphatic carbocycles. The molecule has 0 radical (unpaired) electrons. The van der Waals surface area contributed by atoms with Crippen molar-refractivity contribution < 1.29 is 13.9 Å². The van der Waals surface area contributed by atoms with Gasteiger partial charge in [-0.2, -0.15) is 0 Å². The number of ether oxygens (including phenoxy) is 1. The Morgan fingerprint density at radius 3 is 2.78 bits per heavy atom. The standard InChI is InChI=1S/C24H23N3O3S2/c1-17-7-5-10-19(15-17)29-16-22-26-27-24(30-22)32-14-12-21(28)25-23(20-11-6-13-31-20)18-8-3-2-4-9-18/h2-11,13,15,23H,12,14,16H2,1H3,(H,25,28). The Bertz CT molecular complexity index is 1130. The number of aryl methyl sites for hydroxylation is 1. The molecule has 4 aromatic rings. The van der Waals surface area contributed by atoms with E-state index in [1.807, 2.05) is 79.0 Å². The molecule has 1 amide bonds. The Kier molecular flexibility index (Phi) is 7.58. The molecule has 2 aromatic heterocycles. The van der Waals surface area contributed by atoms with Crippen LogP contribution >= 0.6 is 23.1 Å². The summed E-state index contributed by atoms with van der Waals surface area (Å²) in [6, 6.07) is 21.6. The third kappa shape index (κ3) is 6.21. The summed E-state index contributed by atoms with van der Waals surface area (Å²) in [5.41, 5.74) is 2.18. The lowest BCUT2D eigenvalue weighted by Gasteiger charge is -2.18. The van der Waals surface area contributed by atoms with Gasteiger partial charge in [-0.15, -0.1) is 21.5 Å². The Labute approximate surface area is 195 Å². The van der Waals surface area contributed by atoms with Gasteiger partial charge < -0.3 is 14.5 Å². The first-order valence-corrected chi connectivity index (χ1v) is 12.1. The zero-order valence-electron chi connectivity index (χ0n) is 17.6. The molecule has 32 heavy (non-hydrogen) atoms. The fourth-order valence-corrected chi connectivity index (χ4v) is 4.61. The van der Waals surface area contributed by atoms with Crippen molar-refractivity contribution in [3.05, 3.63) is 94.0 Å². The van der Waals surface area contributed by atoms with Gasteiger partial charge in [-0.1, -0.05) is 60.3 Å². The van der Waals surface area contributed by atoms with E-state index in [1.165, 1.54) is 11.8 Å². The highest BCUT2D eigenvalue weighted by Crippen LogP contribution is 2.26. The topological polar surface area (TPSA) is 77.2 Å². The molecule has 0 saturated heterocycles. The van der Waals surface area contributed by atoms with E-state index in [-0.39, 0.29) is 18.6 Å². The Balaban J connectivity index is 1.25. The molecule has 1 unspecified atom stereocenters. The first kappa shape index (κ1) is 22.1. The number of thiophene rings is 1. The van der Waals surface area contributed by atoms with Crippen LogP contribution in [0.3, 0.4) is 0 Å². The number of carbonyl (C=O) groups is 1. The second-order valence-electron chi connectivity index (χ2n) is 7.09. The molecule has 1 N–H and O–H groups in total. The monoisotopic (exact) mass is 465 g/mol. The van der Waals surface area contributed by atoms with Gasteiger partial charge in [0.05, 0.1) is 6.04 Å². The van der Waals surface area contributed by atoms with Gasteiger partial charge in [-0.3, -0.25) is 4.79 Å². The summed E-state index contributed by atoms with van der Waals surface area (Å²) in [4.78, 5) is 13.7. The molecule has 0 spiro atoms. The lowest BCUT2D eigenvalue weighted by Crippen LogP contribution is -2.29. The fourth-order valence-electron chi connectivity index (χ4n) is 3.09. The van der Waals surface area contributed by atoms with E-state index in [0.717, 1.165) is 21.8 Å². The van der Waals surface area contributed by atoms with Crippen LogP contribution in [0.1, 0.15) is 34.4 Å². The quantitative estimate of drug-likeness (QED) is 0.316. The van der Waals surface area contributed by atoms with Crippen LogP contribution in [-0.4, -0.2) is 21.9 Å². The van der Waals surface area contributed by atoms with Crippen LogP contribution in [0.5, 0.6) is 5.75 Å². The first-order valence-electron chi connectivity index (χ1n) is 10.2. The van der Waals surface area contributed by atoms with E-state index in [0.29, 0.717) is 23.3 Å². The van der Waals surface area contributed by atoms with Crippen molar-refractivity contribution in [3.8, 4) is 5.75 Å². The molecule has 2 heterocycles. The zero-order chi connectivity index (χ0) is 22.2. The highest BCUT2D eigenvalue weighted by atomic mass is 32.2. The van der Waals surface area contributed by atoms with Gasteiger partial charge in [0.1, 0.15) is 5.75 Å². The Morgan fingerprint density at radius 1 is 1.12 bits per heavy atom. The van der Waals surface area contributed by atoms with Crippen molar-refractivity contribution in [2.24, 2.45) is 0 Å². The number of hydrogen-bond donors (Lipinski definition) is 1. The summed E-state index contributed by atoms with van der Waals surface area (Å²) >= 11 is 2.99. The van der Waals surface area contributed by atoms with Crippen LogP contribution in [0, 0.1) is 6.92 Å². The van der Waals surface area contributed by atoms with E-state index in [4.69, 9.17) is 9.15 Å². The van der Waals surface area contributed by atoms with E-state index in [1.54, 1.807) is 11.3 Å². The normalized spacial score (nSPS) is 11.8. The number of nitrogens with zero attached hydrogens (tertiary/aromatic N) is 2. The minimum absolute atomic E-state index is 0.0257.